The Balaban J connectivity index is 1.80. The van der Waals surface area contributed by atoms with Crippen LogP contribution in [0.5, 0.6) is 0 Å². The molecular weight excluding hydrogens is 450 g/mol. The molecule has 0 amide bonds. The third kappa shape index (κ3) is 8.16. The maximum absolute atomic E-state index is 13.5. The summed E-state index contributed by atoms with van der Waals surface area (Å²) in [6.45, 7) is 6.27. The Hall–Kier alpha value is -2.21. The lowest BCUT2D eigenvalue weighted by Gasteiger charge is -2.29. The molecule has 0 spiro atoms. The fourth-order valence-corrected chi connectivity index (χ4v) is 5.72. The molecule has 3 rings (SSSR count). The number of rotatable bonds is 9. The van der Waals surface area contributed by atoms with E-state index in [-0.39, 0.29) is 23.9 Å². The number of para-hydroxylation sites is 2. The molecule has 2 aromatic rings. The summed E-state index contributed by atoms with van der Waals surface area (Å²) in [4.78, 5) is 30.4. The van der Waals surface area contributed by atoms with Gasteiger partial charge in [-0.2, -0.15) is 0 Å². The molecule has 1 aromatic heterocycles. The normalized spacial score (nSPS) is 18.2. The van der Waals surface area contributed by atoms with Gasteiger partial charge in [0.2, 0.25) is 5.69 Å². The van der Waals surface area contributed by atoms with Gasteiger partial charge in [-0.15, -0.1) is 0 Å². The second-order valence-electron chi connectivity index (χ2n) is 10.5. The minimum Gasteiger partial charge on any atom is -0.461 e. The van der Waals surface area contributed by atoms with Crippen LogP contribution in [-0.4, -0.2) is 34.2 Å². The van der Waals surface area contributed by atoms with Gasteiger partial charge in [0.05, 0.1) is 17.6 Å². The van der Waals surface area contributed by atoms with Crippen molar-refractivity contribution < 1.29 is 9.53 Å². The molecule has 0 radical (unpaired) electrons. The first kappa shape index (κ1) is 28.4. The minimum absolute atomic E-state index is 0.0751. The van der Waals surface area contributed by atoms with Crippen LogP contribution in [-0.2, 0) is 4.74 Å². The Labute approximate surface area is 217 Å². The lowest BCUT2D eigenvalue weighted by atomic mass is 9.95. The first-order chi connectivity index (χ1) is 17.5. The Kier molecular flexibility index (Phi) is 11.9. The third-order valence-electron chi connectivity index (χ3n) is 7.54. The molecule has 1 saturated carbocycles. The maximum atomic E-state index is 13.5. The number of carbonyl (C=O) groups excluding carboxylic acids is 1. The molecule has 2 unspecified atom stereocenters. The largest absolute Gasteiger partial charge is 0.461 e. The van der Waals surface area contributed by atoms with Gasteiger partial charge in [-0.05, 0) is 51.7 Å². The van der Waals surface area contributed by atoms with E-state index in [4.69, 9.17) is 4.74 Å². The van der Waals surface area contributed by atoms with E-state index in [1.165, 1.54) is 70.6 Å². The Morgan fingerprint density at radius 1 is 1.03 bits per heavy atom. The molecule has 1 aliphatic rings. The first-order valence-electron chi connectivity index (χ1n) is 14.5. The fraction of sp³-hybridized carbons (Fsp3) is 0.700. The number of hydrogen-bond acceptors (Lipinski definition) is 5. The molecule has 0 saturated heterocycles. The van der Waals surface area contributed by atoms with Gasteiger partial charge in [0.1, 0.15) is 0 Å². The van der Waals surface area contributed by atoms with E-state index in [1.54, 1.807) is 11.5 Å². The maximum Gasteiger partial charge on any atom is 0.362 e. The molecule has 0 aliphatic heterocycles. The lowest BCUT2D eigenvalue weighted by molar-refractivity contribution is 0.0516. The molecule has 1 N–H and O–H groups in total. The van der Waals surface area contributed by atoms with Gasteiger partial charge < -0.3 is 14.6 Å². The van der Waals surface area contributed by atoms with Crippen molar-refractivity contribution in [3.63, 3.8) is 0 Å². The topological polar surface area (TPSA) is 73.2 Å². The fourth-order valence-electron chi connectivity index (χ4n) is 5.72. The Morgan fingerprint density at radius 3 is 2.25 bits per heavy atom. The summed E-state index contributed by atoms with van der Waals surface area (Å²) in [6, 6.07) is 8.37. The quantitative estimate of drug-likeness (QED) is 0.379. The average Bonchev–Trinajstić information content (AvgIpc) is 2.85. The van der Waals surface area contributed by atoms with Gasteiger partial charge in [-0.25, -0.2) is 9.78 Å². The van der Waals surface area contributed by atoms with Crippen molar-refractivity contribution in [3.8, 4) is 0 Å². The molecule has 1 fully saturated rings. The summed E-state index contributed by atoms with van der Waals surface area (Å²) in [6.07, 6.45) is 17.6. The van der Waals surface area contributed by atoms with E-state index in [9.17, 15) is 9.59 Å². The van der Waals surface area contributed by atoms with Crippen molar-refractivity contribution in [3.05, 3.63) is 40.3 Å². The number of benzene rings is 1. The molecule has 2 atom stereocenters. The zero-order chi connectivity index (χ0) is 25.8. The molecule has 1 heterocycles. The predicted octanol–water partition coefficient (Wildman–Crippen LogP) is 6.96. The van der Waals surface area contributed by atoms with Crippen LogP contribution in [0.4, 0.5) is 0 Å². The van der Waals surface area contributed by atoms with Gasteiger partial charge in [0.25, 0.3) is 5.56 Å². The standard InChI is InChI=1S/C30H47N3O3/c1-4-17-25(31-24-18-13-11-9-7-6-8-10-12-14-19-24)22-23(3)33-27-21-16-15-20-26(27)32-28(29(33)34)30(35)36-5-2/h15-16,20-21,23-25,31H,4-14,17-19,22H2,1-3H3. The van der Waals surface area contributed by atoms with Crippen molar-refractivity contribution in [2.45, 2.75) is 129 Å². The number of carbonyl (C=O) groups is 1. The highest BCUT2D eigenvalue weighted by Crippen LogP contribution is 2.23. The van der Waals surface area contributed by atoms with Crippen LogP contribution in [0.2, 0.25) is 0 Å². The van der Waals surface area contributed by atoms with E-state index < -0.39 is 5.97 Å². The van der Waals surface area contributed by atoms with Gasteiger partial charge in [0, 0.05) is 18.1 Å². The van der Waals surface area contributed by atoms with Crippen molar-refractivity contribution in [2.24, 2.45) is 0 Å². The van der Waals surface area contributed by atoms with Crippen molar-refractivity contribution in [1.82, 2.24) is 14.9 Å². The van der Waals surface area contributed by atoms with Crippen LogP contribution in [0.25, 0.3) is 11.0 Å². The van der Waals surface area contributed by atoms with E-state index in [2.05, 4.69) is 24.1 Å². The van der Waals surface area contributed by atoms with Crippen molar-refractivity contribution in [2.75, 3.05) is 6.61 Å². The van der Waals surface area contributed by atoms with Crippen molar-refractivity contribution in [1.29, 1.82) is 0 Å². The van der Waals surface area contributed by atoms with Crippen LogP contribution in [0, 0.1) is 0 Å². The molecule has 6 nitrogen and oxygen atoms in total. The molecule has 1 aromatic carbocycles. The molecule has 36 heavy (non-hydrogen) atoms. The highest BCUT2D eigenvalue weighted by atomic mass is 16.5. The second-order valence-corrected chi connectivity index (χ2v) is 10.5. The highest BCUT2D eigenvalue weighted by molar-refractivity contribution is 5.89. The minimum atomic E-state index is -0.648. The van der Waals surface area contributed by atoms with Crippen LogP contribution >= 0.6 is 0 Å². The number of esters is 1. The summed E-state index contributed by atoms with van der Waals surface area (Å²) in [5, 5.41) is 4.01. The number of aromatic nitrogens is 2. The summed E-state index contributed by atoms with van der Waals surface area (Å²) in [7, 11) is 0. The highest BCUT2D eigenvalue weighted by Gasteiger charge is 2.24. The number of nitrogens with one attached hydrogen (secondary N) is 1. The summed E-state index contributed by atoms with van der Waals surface area (Å²) < 4.78 is 6.91. The summed E-state index contributed by atoms with van der Waals surface area (Å²) in [5.74, 6) is -0.648. The molecule has 200 valence electrons. The van der Waals surface area contributed by atoms with E-state index in [1.807, 2.05) is 24.3 Å². The first-order valence-corrected chi connectivity index (χ1v) is 14.5. The number of fused-ring (bicyclic) bond motifs is 1. The van der Waals surface area contributed by atoms with E-state index >= 15 is 0 Å². The Bertz CT molecular complexity index is 991. The van der Waals surface area contributed by atoms with E-state index in [0.717, 1.165) is 24.8 Å². The SMILES string of the molecule is CCCC(CC(C)n1c(=O)c(C(=O)OCC)nc2ccccc21)NC1CCCCCCCCCCC1. The monoisotopic (exact) mass is 497 g/mol. The van der Waals surface area contributed by atoms with Gasteiger partial charge in [-0.3, -0.25) is 4.79 Å². The van der Waals surface area contributed by atoms with Crippen LogP contribution in [0.1, 0.15) is 127 Å². The van der Waals surface area contributed by atoms with Crippen LogP contribution in [0.3, 0.4) is 0 Å². The number of ether oxygens (including phenoxy) is 1. The van der Waals surface area contributed by atoms with Gasteiger partial charge in [0.15, 0.2) is 0 Å². The van der Waals surface area contributed by atoms with Crippen molar-refractivity contribution >= 4 is 17.0 Å². The van der Waals surface area contributed by atoms with Gasteiger partial charge in [-0.1, -0.05) is 83.3 Å². The molecular formula is C30H47N3O3. The molecule has 6 heteroatoms. The number of hydrogen-bond donors (Lipinski definition) is 1. The lowest BCUT2D eigenvalue weighted by Crippen LogP contribution is -2.41. The smallest absolute Gasteiger partial charge is 0.362 e. The predicted molar refractivity (Wildman–Crippen MR) is 148 cm³/mol. The van der Waals surface area contributed by atoms with Crippen LogP contribution in [0.15, 0.2) is 29.1 Å². The second kappa shape index (κ2) is 15.1. The summed E-state index contributed by atoms with van der Waals surface area (Å²) >= 11 is 0. The zero-order valence-corrected chi connectivity index (χ0v) is 22.8. The average molecular weight is 498 g/mol. The van der Waals surface area contributed by atoms with Gasteiger partial charge >= 0.3 is 5.97 Å². The third-order valence-corrected chi connectivity index (χ3v) is 7.54. The summed E-state index contributed by atoms with van der Waals surface area (Å²) in [5.41, 5.74) is 0.929. The van der Waals surface area contributed by atoms with Crippen LogP contribution < -0.4 is 10.9 Å². The Morgan fingerprint density at radius 2 is 1.64 bits per heavy atom. The van der Waals surface area contributed by atoms with E-state index in [0.29, 0.717) is 17.6 Å². The zero-order valence-electron chi connectivity index (χ0n) is 22.8. The number of nitrogens with zero attached hydrogens (tertiary/aromatic N) is 2. The molecule has 0 bridgehead atoms. The molecule has 1 aliphatic carbocycles.